The van der Waals surface area contributed by atoms with Crippen LogP contribution < -0.4 is 14.2 Å². The molecule has 2 saturated heterocycles. The second-order valence-electron chi connectivity index (χ2n) is 10.5. The van der Waals surface area contributed by atoms with Gasteiger partial charge in [0.1, 0.15) is 36.8 Å². The van der Waals surface area contributed by atoms with Gasteiger partial charge in [-0.05, 0) is 49.1 Å². The molecule has 7 rings (SSSR count). The van der Waals surface area contributed by atoms with Crippen LogP contribution in [0.3, 0.4) is 0 Å². The summed E-state index contributed by atoms with van der Waals surface area (Å²) >= 11 is 0. The average Bonchev–Trinajstić information content (AvgIpc) is 3.63. The molecule has 5 atom stereocenters. The number of cyclic esters (lactones) is 1. The zero-order valence-electron chi connectivity index (χ0n) is 21.4. The molecule has 12 nitrogen and oxygen atoms in total. The first-order valence-electron chi connectivity index (χ1n) is 12.7. The van der Waals surface area contributed by atoms with E-state index >= 15 is 0 Å². The normalized spacial score (nSPS) is 27.9. The highest BCUT2D eigenvalue weighted by molar-refractivity contribution is 6.14. The van der Waals surface area contributed by atoms with Crippen LogP contribution >= 0.6 is 0 Å². The predicted octanol–water partition coefficient (Wildman–Crippen LogP) is 2.29. The minimum atomic E-state index is -1.34. The van der Waals surface area contributed by atoms with Crippen molar-refractivity contribution in [2.75, 3.05) is 13.4 Å². The summed E-state index contributed by atoms with van der Waals surface area (Å²) in [7, 11) is 0. The maximum absolute atomic E-state index is 13.1. The molecule has 0 amide bonds. The molecule has 12 heteroatoms. The summed E-state index contributed by atoms with van der Waals surface area (Å²) < 4.78 is 40.3. The van der Waals surface area contributed by atoms with Gasteiger partial charge >= 0.3 is 5.97 Å². The Bertz CT molecular complexity index is 1550. The molecule has 1 unspecified atom stereocenters. The zero-order valence-corrected chi connectivity index (χ0v) is 21.4. The number of rotatable bonds is 4. The van der Waals surface area contributed by atoms with Crippen molar-refractivity contribution in [2.24, 2.45) is 0 Å². The van der Waals surface area contributed by atoms with Crippen molar-refractivity contribution in [1.29, 1.82) is 0 Å². The summed E-state index contributed by atoms with van der Waals surface area (Å²) in [6.45, 7) is 2.87. The fraction of sp³-hybridized carbons (Fsp3) is 0.393. The van der Waals surface area contributed by atoms with E-state index in [0.717, 1.165) is 0 Å². The second-order valence-corrected chi connectivity index (χ2v) is 10.5. The molecular formula is C28H26O12. The van der Waals surface area contributed by atoms with E-state index in [4.69, 9.17) is 33.2 Å². The summed E-state index contributed by atoms with van der Waals surface area (Å²) in [6, 6.07) is 7.80. The molecule has 0 radical (unpaired) electrons. The molecule has 3 aromatic carbocycles. The van der Waals surface area contributed by atoms with Crippen LogP contribution in [0.25, 0.3) is 21.9 Å². The van der Waals surface area contributed by atoms with Crippen LogP contribution in [0.2, 0.25) is 0 Å². The number of hydrogen-bond acceptors (Lipinski definition) is 12. The summed E-state index contributed by atoms with van der Waals surface area (Å²) in [5.74, 6) is -1.34. The largest absolute Gasteiger partial charge is 0.504 e. The van der Waals surface area contributed by atoms with Gasteiger partial charge in [-0.3, -0.25) is 0 Å². The fourth-order valence-electron chi connectivity index (χ4n) is 5.81. The van der Waals surface area contributed by atoms with Gasteiger partial charge in [0.15, 0.2) is 28.8 Å². The quantitative estimate of drug-likeness (QED) is 0.275. The highest BCUT2D eigenvalue weighted by atomic mass is 16.8. The maximum atomic E-state index is 13.1. The van der Waals surface area contributed by atoms with Crippen molar-refractivity contribution in [1.82, 2.24) is 0 Å². The Morgan fingerprint density at radius 1 is 0.950 bits per heavy atom. The number of fused-ring (bicyclic) bond motifs is 4. The standard InChI is InChI=1S/C28H26O12/c1-28(2)39-24-19(8-29)37-27(22(32)25(24)40-28)38-23-13-7-16(31)15(30)6-12(13)20(21-14(23)9-34-26(21)33)11-3-4-17-18(5-11)36-10-35-17/h3-7,19,22,24-25,27,29-32H,8-10H2,1-2H3/t19-,22-,24+,25-,27?/m1/s1. The van der Waals surface area contributed by atoms with E-state index in [9.17, 15) is 25.2 Å². The molecule has 4 aliphatic rings. The number of aromatic hydroxyl groups is 2. The fourth-order valence-corrected chi connectivity index (χ4v) is 5.81. The van der Waals surface area contributed by atoms with E-state index in [0.29, 0.717) is 39.0 Å². The van der Waals surface area contributed by atoms with Crippen molar-refractivity contribution in [3.05, 3.63) is 41.5 Å². The predicted molar refractivity (Wildman–Crippen MR) is 134 cm³/mol. The van der Waals surface area contributed by atoms with E-state index in [1.165, 1.54) is 12.1 Å². The molecule has 3 aromatic rings. The Balaban J connectivity index is 1.39. The van der Waals surface area contributed by atoms with Gasteiger partial charge < -0.3 is 53.6 Å². The highest BCUT2D eigenvalue weighted by Crippen LogP contribution is 2.50. The third-order valence-corrected chi connectivity index (χ3v) is 7.54. The Morgan fingerprint density at radius 2 is 1.68 bits per heavy atom. The Morgan fingerprint density at radius 3 is 2.45 bits per heavy atom. The van der Waals surface area contributed by atoms with Gasteiger partial charge in [0.05, 0.1) is 12.2 Å². The smallest absolute Gasteiger partial charge is 0.339 e. The second kappa shape index (κ2) is 8.85. The van der Waals surface area contributed by atoms with Crippen LogP contribution in [-0.2, 0) is 25.6 Å². The number of aliphatic hydroxyl groups excluding tert-OH is 2. The Kier molecular flexibility index (Phi) is 5.57. The third kappa shape index (κ3) is 3.75. The van der Waals surface area contributed by atoms with Crippen molar-refractivity contribution < 1.29 is 58.4 Å². The van der Waals surface area contributed by atoms with Crippen LogP contribution in [0.5, 0.6) is 28.7 Å². The van der Waals surface area contributed by atoms with Crippen molar-refractivity contribution >= 4 is 16.7 Å². The Hall–Kier alpha value is -3.81. The van der Waals surface area contributed by atoms with E-state index in [-0.39, 0.29) is 24.7 Å². The number of carbonyl (C=O) groups is 1. The molecule has 40 heavy (non-hydrogen) atoms. The summed E-state index contributed by atoms with van der Waals surface area (Å²) in [5.41, 5.74) is 1.56. The van der Waals surface area contributed by atoms with Crippen LogP contribution in [0.4, 0.5) is 0 Å². The van der Waals surface area contributed by atoms with Crippen molar-refractivity contribution in [2.45, 2.75) is 56.9 Å². The molecule has 0 bridgehead atoms. The highest BCUT2D eigenvalue weighted by Gasteiger charge is 2.55. The van der Waals surface area contributed by atoms with E-state index in [2.05, 4.69) is 0 Å². The number of esters is 1. The Labute approximate surface area is 227 Å². The minimum Gasteiger partial charge on any atom is -0.504 e. The van der Waals surface area contributed by atoms with Crippen LogP contribution in [-0.4, -0.2) is 76.3 Å². The van der Waals surface area contributed by atoms with Gasteiger partial charge in [0.25, 0.3) is 0 Å². The monoisotopic (exact) mass is 554 g/mol. The molecule has 210 valence electrons. The lowest BCUT2D eigenvalue weighted by atomic mass is 9.89. The molecule has 4 N–H and O–H groups in total. The number of aliphatic hydroxyl groups is 2. The first-order valence-corrected chi connectivity index (χ1v) is 12.7. The number of phenols is 2. The molecule has 0 aromatic heterocycles. The summed E-state index contributed by atoms with van der Waals surface area (Å²) in [5, 5.41) is 42.8. The summed E-state index contributed by atoms with van der Waals surface area (Å²) in [6.07, 6.45) is -5.16. The lowest BCUT2D eigenvalue weighted by Gasteiger charge is -2.39. The van der Waals surface area contributed by atoms with Gasteiger partial charge in [-0.15, -0.1) is 0 Å². The lowest BCUT2D eigenvalue weighted by molar-refractivity contribution is -0.254. The van der Waals surface area contributed by atoms with Gasteiger partial charge in [0.2, 0.25) is 13.1 Å². The number of hydrogen-bond donors (Lipinski definition) is 4. The molecule has 4 heterocycles. The molecule has 4 aliphatic heterocycles. The topological polar surface area (TPSA) is 163 Å². The first kappa shape index (κ1) is 25.2. The van der Waals surface area contributed by atoms with Crippen LogP contribution in [0, 0.1) is 0 Å². The molecular weight excluding hydrogens is 528 g/mol. The molecule has 0 aliphatic carbocycles. The average molecular weight is 555 g/mol. The molecule has 2 fully saturated rings. The first-order chi connectivity index (χ1) is 19.1. The van der Waals surface area contributed by atoms with Crippen LogP contribution in [0.15, 0.2) is 30.3 Å². The summed E-state index contributed by atoms with van der Waals surface area (Å²) in [4.78, 5) is 13.1. The number of ether oxygens (including phenoxy) is 7. The SMILES string of the molecule is CC1(C)O[C@@H]2[C@H](O1)[C@@H](O)C(Oc1c3c(c(-c4ccc5c(c4)OCO5)c4cc(O)c(O)cc14)C(=O)OC3)O[C@@H]2CO. The minimum absolute atomic E-state index is 0.0630. The van der Waals surface area contributed by atoms with Crippen molar-refractivity contribution in [3.8, 4) is 39.9 Å². The van der Waals surface area contributed by atoms with E-state index in [1.54, 1.807) is 32.0 Å². The molecule has 0 spiro atoms. The molecule has 0 saturated carbocycles. The number of phenolic OH excluding ortho intramolecular Hbond substituents is 2. The number of benzene rings is 3. The maximum Gasteiger partial charge on any atom is 0.339 e. The van der Waals surface area contributed by atoms with Gasteiger partial charge in [-0.1, -0.05) is 6.07 Å². The van der Waals surface area contributed by atoms with E-state index in [1.807, 2.05) is 0 Å². The van der Waals surface area contributed by atoms with Crippen LogP contribution in [0.1, 0.15) is 29.8 Å². The van der Waals surface area contributed by atoms with Crippen molar-refractivity contribution in [3.63, 3.8) is 0 Å². The van der Waals surface area contributed by atoms with E-state index < -0.39 is 60.6 Å². The van der Waals surface area contributed by atoms with Gasteiger partial charge in [0, 0.05) is 16.5 Å². The zero-order chi connectivity index (χ0) is 27.9. The number of carbonyl (C=O) groups excluding carboxylic acids is 1. The lowest BCUT2D eigenvalue weighted by Crippen LogP contribution is -2.58. The van der Waals surface area contributed by atoms with Gasteiger partial charge in [-0.2, -0.15) is 0 Å². The third-order valence-electron chi connectivity index (χ3n) is 7.54. The van der Waals surface area contributed by atoms with Gasteiger partial charge in [-0.25, -0.2) is 4.79 Å².